The molecular weight excluding hydrogens is 298 g/mol. The second-order valence-corrected chi connectivity index (χ2v) is 7.34. The van der Waals surface area contributed by atoms with E-state index in [0.717, 1.165) is 50.9 Å². The van der Waals surface area contributed by atoms with Gasteiger partial charge in [0.15, 0.2) is 0 Å². The lowest BCUT2D eigenvalue weighted by Crippen LogP contribution is -2.51. The molecule has 2 fully saturated rings. The Morgan fingerprint density at radius 1 is 1.25 bits per heavy atom. The highest BCUT2D eigenvalue weighted by Crippen LogP contribution is 2.43. The molecule has 0 amide bonds. The smallest absolute Gasteiger partial charge is 0.0852 e. The van der Waals surface area contributed by atoms with Crippen LogP contribution in [0.15, 0.2) is 30.3 Å². The van der Waals surface area contributed by atoms with Gasteiger partial charge in [0, 0.05) is 12.1 Å². The molecular formula is C20H29N3O. The normalized spacial score (nSPS) is 30.0. The Kier molecular flexibility index (Phi) is 5.89. The van der Waals surface area contributed by atoms with Crippen LogP contribution in [-0.4, -0.2) is 48.3 Å². The van der Waals surface area contributed by atoms with Crippen LogP contribution in [0.25, 0.3) is 0 Å². The summed E-state index contributed by atoms with van der Waals surface area (Å²) in [5.74, 6) is 0. The van der Waals surface area contributed by atoms with Crippen LogP contribution in [0.5, 0.6) is 0 Å². The molecule has 130 valence electrons. The van der Waals surface area contributed by atoms with Crippen LogP contribution in [0.2, 0.25) is 0 Å². The molecule has 1 aromatic carbocycles. The topological polar surface area (TPSA) is 59.3 Å². The number of aliphatic hydroxyl groups is 1. The van der Waals surface area contributed by atoms with Crippen molar-refractivity contribution in [3.05, 3.63) is 35.9 Å². The monoisotopic (exact) mass is 327 g/mol. The number of nitrogens with zero attached hydrogens (tertiary/aromatic N) is 2. The Hall–Kier alpha value is -1.41. The van der Waals surface area contributed by atoms with E-state index in [-0.39, 0.29) is 5.41 Å². The fraction of sp³-hybridized carbons (Fsp3) is 0.650. The molecule has 2 aliphatic rings. The van der Waals surface area contributed by atoms with Crippen LogP contribution in [0, 0.1) is 11.3 Å². The number of nitriles is 1. The first-order chi connectivity index (χ1) is 11.8. The molecule has 1 saturated carbocycles. The van der Waals surface area contributed by atoms with Gasteiger partial charge in [0.25, 0.3) is 0 Å². The number of nitrogens with one attached hydrogen (secondary N) is 1. The summed E-state index contributed by atoms with van der Waals surface area (Å²) >= 11 is 0. The first-order valence-corrected chi connectivity index (χ1v) is 9.32. The van der Waals surface area contributed by atoms with E-state index in [0.29, 0.717) is 18.7 Å². The highest BCUT2D eigenvalue weighted by atomic mass is 16.3. The molecule has 1 saturated heterocycles. The largest absolute Gasteiger partial charge is 0.395 e. The molecule has 1 aliphatic carbocycles. The van der Waals surface area contributed by atoms with Crippen LogP contribution < -0.4 is 5.32 Å². The van der Waals surface area contributed by atoms with Crippen LogP contribution in [-0.2, 0) is 5.41 Å². The Bertz CT molecular complexity index is 548. The first kappa shape index (κ1) is 17.4. The van der Waals surface area contributed by atoms with Crippen molar-refractivity contribution in [3.8, 4) is 6.07 Å². The Morgan fingerprint density at radius 2 is 2.04 bits per heavy atom. The summed E-state index contributed by atoms with van der Waals surface area (Å²) in [6.07, 6.45) is 6.56. The van der Waals surface area contributed by atoms with E-state index in [1.165, 1.54) is 12.8 Å². The summed E-state index contributed by atoms with van der Waals surface area (Å²) in [6.45, 7) is 3.57. The Morgan fingerprint density at radius 3 is 2.75 bits per heavy atom. The maximum absolute atomic E-state index is 9.58. The van der Waals surface area contributed by atoms with Gasteiger partial charge in [-0.25, -0.2) is 0 Å². The van der Waals surface area contributed by atoms with Crippen molar-refractivity contribution in [1.29, 1.82) is 5.26 Å². The van der Waals surface area contributed by atoms with Crippen molar-refractivity contribution in [1.82, 2.24) is 10.2 Å². The van der Waals surface area contributed by atoms with Crippen molar-refractivity contribution in [2.75, 3.05) is 26.2 Å². The van der Waals surface area contributed by atoms with E-state index < -0.39 is 0 Å². The average molecular weight is 327 g/mol. The van der Waals surface area contributed by atoms with Gasteiger partial charge in [0.2, 0.25) is 0 Å². The number of hydrogen-bond acceptors (Lipinski definition) is 4. The van der Waals surface area contributed by atoms with Crippen LogP contribution in [0.3, 0.4) is 0 Å². The molecule has 1 atom stereocenters. The lowest BCUT2D eigenvalue weighted by Gasteiger charge is -2.43. The predicted octanol–water partition coefficient (Wildman–Crippen LogP) is 2.44. The average Bonchev–Trinajstić information content (AvgIpc) is 3.05. The summed E-state index contributed by atoms with van der Waals surface area (Å²) in [6, 6.07) is 13.6. The highest BCUT2D eigenvalue weighted by molar-refractivity contribution is 5.36. The first-order valence-electron chi connectivity index (χ1n) is 9.32. The third-order valence-corrected chi connectivity index (χ3v) is 5.75. The van der Waals surface area contributed by atoms with Gasteiger partial charge < -0.3 is 10.4 Å². The number of hydrogen-bond donors (Lipinski definition) is 2. The van der Waals surface area contributed by atoms with E-state index in [2.05, 4.69) is 28.4 Å². The van der Waals surface area contributed by atoms with E-state index >= 15 is 0 Å². The summed E-state index contributed by atoms with van der Waals surface area (Å²) in [5.41, 5.74) is 0.887. The zero-order valence-corrected chi connectivity index (χ0v) is 14.5. The van der Waals surface area contributed by atoms with Gasteiger partial charge in [0.05, 0.1) is 18.1 Å². The third-order valence-electron chi connectivity index (χ3n) is 5.75. The molecule has 2 N–H and O–H groups in total. The van der Waals surface area contributed by atoms with Crippen molar-refractivity contribution in [2.24, 2.45) is 0 Å². The van der Waals surface area contributed by atoms with Crippen molar-refractivity contribution >= 4 is 0 Å². The van der Waals surface area contributed by atoms with Gasteiger partial charge in [-0.3, -0.25) is 4.90 Å². The van der Waals surface area contributed by atoms with Gasteiger partial charge in [-0.2, -0.15) is 5.26 Å². The van der Waals surface area contributed by atoms with E-state index in [1.807, 2.05) is 18.2 Å². The van der Waals surface area contributed by atoms with Gasteiger partial charge >= 0.3 is 0 Å². The van der Waals surface area contributed by atoms with Crippen LogP contribution in [0.4, 0.5) is 0 Å². The second kappa shape index (κ2) is 8.11. The predicted molar refractivity (Wildman–Crippen MR) is 95.7 cm³/mol. The quantitative estimate of drug-likeness (QED) is 0.720. The number of aliphatic hydroxyl groups excluding tert-OH is 1. The molecule has 1 unspecified atom stereocenters. The van der Waals surface area contributed by atoms with E-state index in [4.69, 9.17) is 0 Å². The molecule has 1 aliphatic heterocycles. The third kappa shape index (κ3) is 3.80. The Labute approximate surface area is 145 Å². The number of rotatable bonds is 8. The molecule has 1 heterocycles. The minimum atomic E-state index is -0.275. The number of benzene rings is 1. The van der Waals surface area contributed by atoms with Crippen molar-refractivity contribution < 1.29 is 5.11 Å². The van der Waals surface area contributed by atoms with Gasteiger partial charge in [-0.05, 0) is 63.7 Å². The van der Waals surface area contributed by atoms with Gasteiger partial charge in [-0.1, -0.05) is 30.3 Å². The highest BCUT2D eigenvalue weighted by Gasteiger charge is 2.45. The lowest BCUT2D eigenvalue weighted by molar-refractivity contribution is 0.156. The molecule has 4 nitrogen and oxygen atoms in total. The summed E-state index contributed by atoms with van der Waals surface area (Å²) in [7, 11) is 0. The number of unbranched alkanes of at least 4 members (excludes halogenated alkanes) is 1. The second-order valence-electron chi connectivity index (χ2n) is 7.34. The minimum Gasteiger partial charge on any atom is -0.395 e. The molecule has 4 heteroatoms. The van der Waals surface area contributed by atoms with Crippen molar-refractivity contribution in [2.45, 2.75) is 56.0 Å². The SMILES string of the molecule is N#CC1(c2ccccc2)CC(NCCCCN2CCCC2CO)C1. The van der Waals surface area contributed by atoms with E-state index in [1.54, 1.807) is 0 Å². The molecule has 1 aromatic rings. The molecule has 3 rings (SSSR count). The maximum Gasteiger partial charge on any atom is 0.0852 e. The zero-order valence-electron chi connectivity index (χ0n) is 14.5. The Balaban J connectivity index is 1.33. The number of likely N-dealkylation sites (tertiary alicyclic amines) is 1. The molecule has 0 spiro atoms. The van der Waals surface area contributed by atoms with Gasteiger partial charge in [-0.15, -0.1) is 0 Å². The fourth-order valence-corrected chi connectivity index (χ4v) is 4.22. The molecule has 0 aromatic heterocycles. The fourth-order valence-electron chi connectivity index (χ4n) is 4.22. The molecule has 0 radical (unpaired) electrons. The van der Waals surface area contributed by atoms with E-state index in [9.17, 15) is 10.4 Å². The summed E-state index contributed by atoms with van der Waals surface area (Å²) in [4.78, 5) is 2.43. The standard InChI is InChI=1S/C20H29N3O/c21-16-20(17-7-2-1-3-8-17)13-18(14-20)22-10-4-5-11-23-12-6-9-19(23)15-24/h1-3,7-8,18-19,22,24H,4-6,9-15H2. The van der Waals surface area contributed by atoms with Crippen molar-refractivity contribution in [3.63, 3.8) is 0 Å². The summed E-state index contributed by atoms with van der Waals surface area (Å²) < 4.78 is 0. The molecule has 24 heavy (non-hydrogen) atoms. The zero-order chi connectivity index (χ0) is 16.8. The summed E-state index contributed by atoms with van der Waals surface area (Å²) in [5, 5.41) is 22.5. The molecule has 0 bridgehead atoms. The lowest BCUT2D eigenvalue weighted by atomic mass is 9.62. The van der Waals surface area contributed by atoms with Crippen LogP contribution >= 0.6 is 0 Å². The maximum atomic E-state index is 9.58. The van der Waals surface area contributed by atoms with Crippen LogP contribution in [0.1, 0.15) is 44.1 Å². The van der Waals surface area contributed by atoms with Gasteiger partial charge in [0.1, 0.15) is 0 Å². The minimum absolute atomic E-state index is 0.275.